The van der Waals surface area contributed by atoms with Gasteiger partial charge in [-0.25, -0.2) is 0 Å². The molecular formula is C29H36O8. The fourth-order valence-corrected chi connectivity index (χ4v) is 6.42. The second kappa shape index (κ2) is 11.9. The van der Waals surface area contributed by atoms with Gasteiger partial charge in [-0.2, -0.15) is 0 Å². The highest BCUT2D eigenvalue weighted by atomic mass is 16.4. The van der Waals surface area contributed by atoms with Gasteiger partial charge in [0.05, 0.1) is 12.2 Å². The zero-order valence-corrected chi connectivity index (χ0v) is 21.2. The van der Waals surface area contributed by atoms with E-state index in [1.165, 1.54) is 11.1 Å². The molecule has 0 unspecified atom stereocenters. The van der Waals surface area contributed by atoms with E-state index in [-0.39, 0.29) is 11.2 Å². The van der Waals surface area contributed by atoms with Crippen LogP contribution in [-0.4, -0.2) is 55.5 Å². The van der Waals surface area contributed by atoms with Gasteiger partial charge in [0.1, 0.15) is 12.2 Å². The molecule has 0 aromatic heterocycles. The number of aryl methyl sites for hydroxylation is 1. The molecule has 200 valence electrons. The van der Waals surface area contributed by atoms with Gasteiger partial charge in [-0.05, 0) is 78.5 Å². The highest BCUT2D eigenvalue weighted by Gasteiger charge is 2.57. The minimum Gasteiger partial charge on any atom is -0.508 e. The van der Waals surface area contributed by atoms with E-state index in [0.717, 1.165) is 39.0 Å². The van der Waals surface area contributed by atoms with Gasteiger partial charge >= 0.3 is 5.97 Å². The molecule has 0 amide bonds. The first-order valence-electron chi connectivity index (χ1n) is 12.6. The fraction of sp³-hybridized carbons (Fsp3) is 0.483. The number of carboxylic acid groups (broad SMARTS) is 2. The number of carbonyl (C=O) groups excluding carboxylic acids is 1. The number of ketones is 1. The van der Waals surface area contributed by atoms with Crippen LogP contribution in [0.5, 0.6) is 5.75 Å². The SMILES string of the molecule is CC(=O)O.C[C@]12CC[C@@H]3c4ccc(O)cc4CC[C@H]3[C@@H]1C[C@@H](O)[C@@H]2O.O=C(O)CC(=O)c1ccccc1. The fourth-order valence-electron chi connectivity index (χ4n) is 6.42. The van der Waals surface area contributed by atoms with E-state index in [0.29, 0.717) is 29.1 Å². The van der Waals surface area contributed by atoms with Gasteiger partial charge in [-0.15, -0.1) is 0 Å². The number of aliphatic carboxylic acids is 2. The molecule has 8 nitrogen and oxygen atoms in total. The Hall–Kier alpha value is -3.23. The third-order valence-corrected chi connectivity index (χ3v) is 8.09. The van der Waals surface area contributed by atoms with E-state index < -0.39 is 30.6 Å². The molecule has 8 heteroatoms. The number of benzene rings is 2. The van der Waals surface area contributed by atoms with E-state index >= 15 is 0 Å². The van der Waals surface area contributed by atoms with Crippen LogP contribution in [0.25, 0.3) is 0 Å². The average molecular weight is 513 g/mol. The summed E-state index contributed by atoms with van der Waals surface area (Å²) in [5.74, 6) is -0.410. The summed E-state index contributed by atoms with van der Waals surface area (Å²) < 4.78 is 0. The number of carboxylic acids is 2. The van der Waals surface area contributed by atoms with E-state index in [2.05, 4.69) is 13.0 Å². The number of aromatic hydroxyl groups is 1. The summed E-state index contributed by atoms with van der Waals surface area (Å²) in [7, 11) is 0. The highest BCUT2D eigenvalue weighted by Crippen LogP contribution is 2.60. The second-order valence-corrected chi connectivity index (χ2v) is 10.5. The van der Waals surface area contributed by atoms with Crippen LogP contribution >= 0.6 is 0 Å². The number of fused-ring (bicyclic) bond motifs is 5. The summed E-state index contributed by atoms with van der Waals surface area (Å²) in [6.07, 6.45) is 3.36. The van der Waals surface area contributed by atoms with E-state index in [9.17, 15) is 24.9 Å². The van der Waals surface area contributed by atoms with Gasteiger partial charge < -0.3 is 25.5 Å². The maximum atomic E-state index is 11.1. The van der Waals surface area contributed by atoms with Crippen LogP contribution in [-0.2, 0) is 16.0 Å². The molecule has 5 N–H and O–H groups in total. The molecule has 0 radical (unpaired) electrons. The maximum Gasteiger partial charge on any atom is 0.311 e. The van der Waals surface area contributed by atoms with E-state index in [4.69, 9.17) is 15.0 Å². The van der Waals surface area contributed by atoms with Crippen molar-refractivity contribution in [3.8, 4) is 5.75 Å². The number of rotatable bonds is 3. The number of Topliss-reactive ketones (excluding diaryl/α,β-unsaturated/α-hetero) is 1. The summed E-state index contributed by atoms with van der Waals surface area (Å²) in [4.78, 5) is 30.2. The second-order valence-electron chi connectivity index (χ2n) is 10.5. The van der Waals surface area contributed by atoms with Crippen molar-refractivity contribution in [3.63, 3.8) is 0 Å². The van der Waals surface area contributed by atoms with Gasteiger partial charge in [0.15, 0.2) is 5.78 Å². The normalized spacial score (nSPS) is 29.1. The lowest BCUT2D eigenvalue weighted by Gasteiger charge is -2.49. The standard InChI is InChI=1S/C18H24O3.C9H8O3.C2H4O2/c1-18-7-6-13-12-5-3-11(19)8-10(12)2-4-14(13)15(18)9-16(20)17(18)21;10-8(6-9(11)12)7-4-2-1-3-5-7;1-2(3)4/h3,5,8,13-17,19-21H,2,4,6-7,9H2,1H3;1-5H,6H2,(H,11,12);1H3,(H,3,4)/t13-,14-,15+,16-,17+,18+;;/m1../s1. The summed E-state index contributed by atoms with van der Waals surface area (Å²) in [6.45, 7) is 3.25. The Morgan fingerprint density at radius 2 is 1.65 bits per heavy atom. The van der Waals surface area contributed by atoms with Gasteiger partial charge in [0, 0.05) is 12.5 Å². The molecule has 2 fully saturated rings. The first kappa shape index (κ1) is 28.3. The Balaban J connectivity index is 0.000000202. The van der Waals surface area contributed by atoms with Crippen molar-refractivity contribution < 1.29 is 39.9 Å². The Bertz CT molecular complexity index is 1110. The first-order valence-corrected chi connectivity index (χ1v) is 12.6. The summed E-state index contributed by atoms with van der Waals surface area (Å²) in [5.41, 5.74) is 3.01. The molecule has 5 rings (SSSR count). The molecule has 0 aliphatic heterocycles. The predicted molar refractivity (Wildman–Crippen MR) is 136 cm³/mol. The van der Waals surface area contributed by atoms with Crippen molar-refractivity contribution in [2.75, 3.05) is 0 Å². The Kier molecular flexibility index (Phi) is 9.10. The topological polar surface area (TPSA) is 152 Å². The quantitative estimate of drug-likeness (QED) is 0.305. The summed E-state index contributed by atoms with van der Waals surface area (Å²) in [5, 5.41) is 45.9. The largest absolute Gasteiger partial charge is 0.508 e. The number of hydrogen-bond donors (Lipinski definition) is 5. The van der Waals surface area contributed by atoms with Gasteiger partial charge in [0.25, 0.3) is 5.97 Å². The Labute approximate surface area is 216 Å². The zero-order chi connectivity index (χ0) is 27.3. The molecule has 2 saturated carbocycles. The van der Waals surface area contributed by atoms with Gasteiger partial charge in [-0.1, -0.05) is 43.3 Å². The Morgan fingerprint density at radius 1 is 1.00 bits per heavy atom. The lowest BCUT2D eigenvalue weighted by Crippen LogP contribution is -2.44. The number of aliphatic hydroxyl groups excluding tert-OH is 2. The van der Waals surface area contributed by atoms with Crippen molar-refractivity contribution in [1.29, 1.82) is 0 Å². The van der Waals surface area contributed by atoms with Crippen LogP contribution in [0.2, 0.25) is 0 Å². The Morgan fingerprint density at radius 3 is 2.27 bits per heavy atom. The monoisotopic (exact) mass is 512 g/mol. The third kappa shape index (κ3) is 6.56. The molecule has 2 aromatic carbocycles. The van der Waals surface area contributed by atoms with Crippen LogP contribution in [0.15, 0.2) is 48.5 Å². The predicted octanol–water partition coefficient (Wildman–Crippen LogP) is 4.01. The van der Waals surface area contributed by atoms with Crippen LogP contribution in [0.1, 0.15) is 73.4 Å². The molecular weight excluding hydrogens is 476 g/mol. The van der Waals surface area contributed by atoms with Crippen LogP contribution < -0.4 is 0 Å². The molecule has 0 bridgehead atoms. The van der Waals surface area contributed by atoms with E-state index in [1.54, 1.807) is 36.4 Å². The molecule has 3 aliphatic carbocycles. The summed E-state index contributed by atoms with van der Waals surface area (Å²) in [6, 6.07) is 14.2. The third-order valence-electron chi connectivity index (χ3n) is 8.09. The average Bonchev–Trinajstić information content (AvgIpc) is 3.08. The van der Waals surface area contributed by atoms with Crippen LogP contribution in [0, 0.1) is 17.3 Å². The van der Waals surface area contributed by atoms with Crippen molar-refractivity contribution in [3.05, 3.63) is 65.2 Å². The molecule has 2 aromatic rings. The van der Waals surface area contributed by atoms with Crippen molar-refractivity contribution >= 4 is 17.7 Å². The number of aliphatic hydroxyl groups is 2. The van der Waals surface area contributed by atoms with E-state index in [1.807, 2.05) is 6.07 Å². The van der Waals surface area contributed by atoms with Crippen LogP contribution in [0.3, 0.4) is 0 Å². The molecule has 37 heavy (non-hydrogen) atoms. The number of phenols is 1. The molecule has 0 saturated heterocycles. The number of hydrogen-bond acceptors (Lipinski definition) is 6. The lowest BCUT2D eigenvalue weighted by molar-refractivity contribution is -0.136. The molecule has 0 heterocycles. The highest BCUT2D eigenvalue weighted by molar-refractivity contribution is 6.05. The van der Waals surface area contributed by atoms with Crippen molar-refractivity contribution in [2.45, 2.75) is 70.5 Å². The smallest absolute Gasteiger partial charge is 0.311 e. The van der Waals surface area contributed by atoms with Gasteiger partial charge in [0.2, 0.25) is 0 Å². The van der Waals surface area contributed by atoms with Crippen LogP contribution in [0.4, 0.5) is 0 Å². The molecule has 3 aliphatic rings. The lowest BCUT2D eigenvalue weighted by atomic mass is 9.55. The number of phenolic OH excluding ortho intramolecular Hbond substituents is 1. The van der Waals surface area contributed by atoms with Crippen molar-refractivity contribution in [2.24, 2.45) is 17.3 Å². The summed E-state index contributed by atoms with van der Waals surface area (Å²) >= 11 is 0. The van der Waals surface area contributed by atoms with Gasteiger partial charge in [-0.3, -0.25) is 14.4 Å². The molecule has 0 spiro atoms. The molecule has 6 atom stereocenters. The minimum atomic E-state index is -1.09. The number of carbonyl (C=O) groups is 3. The zero-order valence-electron chi connectivity index (χ0n) is 21.2. The maximum absolute atomic E-state index is 11.1. The minimum absolute atomic E-state index is 0.116. The first-order chi connectivity index (χ1) is 17.4. The van der Waals surface area contributed by atoms with Crippen molar-refractivity contribution in [1.82, 2.24) is 0 Å².